The van der Waals surface area contributed by atoms with Crippen molar-refractivity contribution in [2.45, 2.75) is 31.6 Å². The SMILES string of the molecule is C1=CC(c2ccccc2)C2=C1CCCC2. The fourth-order valence-corrected chi connectivity index (χ4v) is 2.80. The average molecular weight is 196 g/mol. The van der Waals surface area contributed by atoms with Crippen LogP contribution in [0.2, 0.25) is 0 Å². The van der Waals surface area contributed by atoms with Crippen molar-refractivity contribution in [3.63, 3.8) is 0 Å². The Morgan fingerprint density at radius 3 is 2.60 bits per heavy atom. The summed E-state index contributed by atoms with van der Waals surface area (Å²) in [6, 6.07) is 10.9. The molecule has 2 aliphatic carbocycles. The lowest BCUT2D eigenvalue weighted by Crippen LogP contribution is -2.02. The number of allylic oxidation sites excluding steroid dienone is 4. The maximum absolute atomic E-state index is 2.38. The van der Waals surface area contributed by atoms with Crippen molar-refractivity contribution >= 4 is 0 Å². The van der Waals surface area contributed by atoms with Crippen molar-refractivity contribution < 1.29 is 0 Å². The molecule has 0 bridgehead atoms. The second-order valence-corrected chi connectivity index (χ2v) is 4.51. The molecule has 0 radical (unpaired) electrons. The quantitative estimate of drug-likeness (QED) is 0.631. The number of benzene rings is 1. The highest BCUT2D eigenvalue weighted by Gasteiger charge is 2.23. The molecule has 0 aromatic heterocycles. The molecule has 1 atom stereocenters. The Morgan fingerprint density at radius 1 is 0.933 bits per heavy atom. The molecule has 0 amide bonds. The van der Waals surface area contributed by atoms with Crippen LogP contribution >= 0.6 is 0 Å². The minimum atomic E-state index is 0.585. The summed E-state index contributed by atoms with van der Waals surface area (Å²) in [5.74, 6) is 0.585. The number of hydrogen-bond donors (Lipinski definition) is 0. The van der Waals surface area contributed by atoms with Crippen LogP contribution in [0, 0.1) is 0 Å². The minimum Gasteiger partial charge on any atom is -0.0727 e. The van der Waals surface area contributed by atoms with E-state index >= 15 is 0 Å². The van der Waals surface area contributed by atoms with Gasteiger partial charge in [0.2, 0.25) is 0 Å². The predicted octanol–water partition coefficient (Wildman–Crippen LogP) is 4.21. The molecule has 76 valence electrons. The first kappa shape index (κ1) is 8.96. The molecular weight excluding hydrogens is 180 g/mol. The molecule has 1 unspecified atom stereocenters. The van der Waals surface area contributed by atoms with Gasteiger partial charge in [0.1, 0.15) is 0 Å². The van der Waals surface area contributed by atoms with Gasteiger partial charge in [-0.3, -0.25) is 0 Å². The van der Waals surface area contributed by atoms with E-state index in [1.807, 2.05) is 0 Å². The third-order valence-corrected chi connectivity index (χ3v) is 3.58. The molecule has 0 saturated carbocycles. The summed E-state index contributed by atoms with van der Waals surface area (Å²) in [6.07, 6.45) is 10.1. The highest BCUT2D eigenvalue weighted by atomic mass is 14.3. The molecule has 3 rings (SSSR count). The van der Waals surface area contributed by atoms with Gasteiger partial charge in [0.05, 0.1) is 0 Å². The molecule has 0 heteroatoms. The summed E-state index contributed by atoms with van der Waals surface area (Å²) in [6.45, 7) is 0. The van der Waals surface area contributed by atoms with E-state index in [2.05, 4.69) is 42.5 Å². The number of hydrogen-bond acceptors (Lipinski definition) is 0. The van der Waals surface area contributed by atoms with Gasteiger partial charge in [-0.05, 0) is 36.8 Å². The first-order chi connectivity index (χ1) is 7.45. The zero-order valence-electron chi connectivity index (χ0n) is 8.95. The van der Waals surface area contributed by atoms with Gasteiger partial charge in [-0.1, -0.05) is 48.1 Å². The van der Waals surface area contributed by atoms with Crippen LogP contribution < -0.4 is 0 Å². The van der Waals surface area contributed by atoms with Gasteiger partial charge in [-0.2, -0.15) is 0 Å². The lowest BCUT2D eigenvalue weighted by atomic mass is 9.85. The zero-order chi connectivity index (χ0) is 10.1. The highest BCUT2D eigenvalue weighted by Crippen LogP contribution is 2.41. The second-order valence-electron chi connectivity index (χ2n) is 4.51. The predicted molar refractivity (Wildman–Crippen MR) is 63.8 cm³/mol. The van der Waals surface area contributed by atoms with Crippen LogP contribution in [-0.2, 0) is 0 Å². The van der Waals surface area contributed by atoms with E-state index in [1.54, 1.807) is 11.1 Å². The minimum absolute atomic E-state index is 0.585. The van der Waals surface area contributed by atoms with Gasteiger partial charge in [0, 0.05) is 5.92 Å². The van der Waals surface area contributed by atoms with Gasteiger partial charge >= 0.3 is 0 Å². The Kier molecular flexibility index (Phi) is 2.21. The molecular formula is C15H16. The van der Waals surface area contributed by atoms with Crippen molar-refractivity contribution in [1.29, 1.82) is 0 Å². The molecule has 15 heavy (non-hydrogen) atoms. The van der Waals surface area contributed by atoms with Crippen molar-refractivity contribution in [2.75, 3.05) is 0 Å². The third-order valence-electron chi connectivity index (χ3n) is 3.58. The fraction of sp³-hybridized carbons (Fsp3) is 0.333. The first-order valence-electron chi connectivity index (χ1n) is 5.90. The second kappa shape index (κ2) is 3.69. The van der Waals surface area contributed by atoms with Crippen LogP contribution in [0.4, 0.5) is 0 Å². The van der Waals surface area contributed by atoms with E-state index in [4.69, 9.17) is 0 Å². The number of rotatable bonds is 1. The van der Waals surface area contributed by atoms with Crippen LogP contribution in [-0.4, -0.2) is 0 Å². The van der Waals surface area contributed by atoms with Gasteiger partial charge in [-0.25, -0.2) is 0 Å². The maximum Gasteiger partial charge on any atom is 0.0237 e. The molecule has 1 aromatic rings. The topological polar surface area (TPSA) is 0 Å². The molecule has 0 N–H and O–H groups in total. The van der Waals surface area contributed by atoms with Gasteiger partial charge in [-0.15, -0.1) is 0 Å². The molecule has 0 fully saturated rings. The smallest absolute Gasteiger partial charge is 0.0237 e. The molecule has 1 aromatic carbocycles. The summed E-state index contributed by atoms with van der Waals surface area (Å²) in [4.78, 5) is 0. The third kappa shape index (κ3) is 1.54. The summed E-state index contributed by atoms with van der Waals surface area (Å²) in [7, 11) is 0. The lowest BCUT2D eigenvalue weighted by molar-refractivity contribution is 0.666. The van der Waals surface area contributed by atoms with Crippen LogP contribution in [0.3, 0.4) is 0 Å². The monoisotopic (exact) mass is 196 g/mol. The van der Waals surface area contributed by atoms with E-state index in [-0.39, 0.29) is 0 Å². The highest BCUT2D eigenvalue weighted by molar-refractivity contribution is 5.46. The van der Waals surface area contributed by atoms with Gasteiger partial charge in [0.25, 0.3) is 0 Å². The van der Waals surface area contributed by atoms with E-state index in [1.165, 1.54) is 31.2 Å². The van der Waals surface area contributed by atoms with E-state index in [0.717, 1.165) is 0 Å². The van der Waals surface area contributed by atoms with Crippen molar-refractivity contribution in [2.24, 2.45) is 0 Å². The fourth-order valence-electron chi connectivity index (χ4n) is 2.80. The van der Waals surface area contributed by atoms with Crippen molar-refractivity contribution in [1.82, 2.24) is 0 Å². The Balaban J connectivity index is 1.96. The molecule has 0 heterocycles. The van der Waals surface area contributed by atoms with E-state index < -0.39 is 0 Å². The molecule has 0 spiro atoms. The summed E-state index contributed by atoms with van der Waals surface area (Å²) in [5, 5.41) is 0. The van der Waals surface area contributed by atoms with Crippen LogP contribution in [0.25, 0.3) is 0 Å². The average Bonchev–Trinajstić information content (AvgIpc) is 2.74. The summed E-state index contributed by atoms with van der Waals surface area (Å²) in [5.41, 5.74) is 4.77. The zero-order valence-corrected chi connectivity index (χ0v) is 8.95. The largest absolute Gasteiger partial charge is 0.0727 e. The summed E-state index contributed by atoms with van der Waals surface area (Å²) < 4.78 is 0. The first-order valence-corrected chi connectivity index (χ1v) is 5.90. The van der Waals surface area contributed by atoms with Gasteiger partial charge in [0.15, 0.2) is 0 Å². The Labute approximate surface area is 91.3 Å². The van der Waals surface area contributed by atoms with Crippen molar-refractivity contribution in [3.05, 3.63) is 59.2 Å². The Bertz CT molecular complexity index is 409. The molecule has 0 aliphatic heterocycles. The van der Waals surface area contributed by atoms with Crippen LogP contribution in [0.15, 0.2) is 53.6 Å². The normalized spacial score (nSPS) is 24.4. The Hall–Kier alpha value is -1.30. The molecule has 0 saturated heterocycles. The van der Waals surface area contributed by atoms with Crippen LogP contribution in [0.5, 0.6) is 0 Å². The molecule has 0 nitrogen and oxygen atoms in total. The maximum atomic E-state index is 2.38. The lowest BCUT2D eigenvalue weighted by Gasteiger charge is -2.19. The van der Waals surface area contributed by atoms with Crippen LogP contribution in [0.1, 0.15) is 37.2 Å². The van der Waals surface area contributed by atoms with Gasteiger partial charge < -0.3 is 0 Å². The van der Waals surface area contributed by atoms with Crippen molar-refractivity contribution in [3.8, 4) is 0 Å². The van der Waals surface area contributed by atoms with E-state index in [0.29, 0.717) is 5.92 Å². The summed E-state index contributed by atoms with van der Waals surface area (Å²) >= 11 is 0. The Morgan fingerprint density at radius 2 is 1.73 bits per heavy atom. The molecule has 2 aliphatic rings. The standard InChI is InChI=1S/C15H16/c1-2-6-12(7-3-1)15-11-10-13-8-4-5-9-14(13)15/h1-3,6-7,10-11,15H,4-5,8-9H2. The van der Waals surface area contributed by atoms with E-state index in [9.17, 15) is 0 Å².